The smallest absolute Gasteiger partial charge is 0.186 e. The average molecular weight is 207 g/mol. The van der Waals surface area contributed by atoms with Crippen molar-refractivity contribution in [3.05, 3.63) is 35.4 Å². The van der Waals surface area contributed by atoms with E-state index in [1.165, 1.54) is 5.56 Å². The first kappa shape index (κ1) is 10.7. The first-order chi connectivity index (χ1) is 6.74. The Hall–Kier alpha value is -1.42. The van der Waals surface area contributed by atoms with E-state index < -0.39 is 0 Å². The van der Waals surface area contributed by atoms with E-state index in [9.17, 15) is 0 Å². The molecule has 4 heteroatoms. The SMILES string of the molecule is CNC(=S)N/N=C/c1ccccc1C. The fourth-order valence-electron chi connectivity index (χ4n) is 0.948. The van der Waals surface area contributed by atoms with E-state index >= 15 is 0 Å². The molecule has 0 bridgehead atoms. The van der Waals surface area contributed by atoms with Crippen molar-refractivity contribution in [3.63, 3.8) is 0 Å². The van der Waals surface area contributed by atoms with E-state index in [0.29, 0.717) is 5.11 Å². The zero-order chi connectivity index (χ0) is 10.4. The lowest BCUT2D eigenvalue weighted by molar-refractivity contribution is 0.982. The molecule has 0 saturated carbocycles. The van der Waals surface area contributed by atoms with E-state index in [-0.39, 0.29) is 0 Å². The van der Waals surface area contributed by atoms with E-state index in [0.717, 1.165) is 5.56 Å². The van der Waals surface area contributed by atoms with Gasteiger partial charge in [-0.2, -0.15) is 5.10 Å². The Morgan fingerprint density at radius 1 is 1.43 bits per heavy atom. The van der Waals surface area contributed by atoms with E-state index in [2.05, 4.69) is 15.8 Å². The second-order valence-electron chi connectivity index (χ2n) is 2.81. The van der Waals surface area contributed by atoms with Gasteiger partial charge >= 0.3 is 0 Å². The molecule has 0 unspecified atom stereocenters. The molecule has 0 aliphatic rings. The zero-order valence-electron chi connectivity index (χ0n) is 8.24. The van der Waals surface area contributed by atoms with Gasteiger partial charge in [0.25, 0.3) is 0 Å². The van der Waals surface area contributed by atoms with Gasteiger partial charge in [-0.05, 0) is 30.3 Å². The second kappa shape index (κ2) is 5.34. The third-order valence-corrected chi connectivity index (χ3v) is 2.08. The quantitative estimate of drug-likeness (QED) is 0.437. The first-order valence-electron chi connectivity index (χ1n) is 4.30. The Bertz CT molecular complexity index is 347. The van der Waals surface area contributed by atoms with Crippen molar-refractivity contribution in [1.29, 1.82) is 0 Å². The van der Waals surface area contributed by atoms with Crippen molar-refractivity contribution >= 4 is 23.5 Å². The van der Waals surface area contributed by atoms with Gasteiger partial charge in [0, 0.05) is 7.05 Å². The number of hydrazone groups is 1. The molecule has 3 nitrogen and oxygen atoms in total. The fourth-order valence-corrected chi connectivity index (χ4v) is 1.00. The van der Waals surface area contributed by atoms with Crippen LogP contribution in [0.2, 0.25) is 0 Å². The summed E-state index contributed by atoms with van der Waals surface area (Å²) in [6.07, 6.45) is 1.75. The summed E-state index contributed by atoms with van der Waals surface area (Å²) < 4.78 is 0. The summed E-state index contributed by atoms with van der Waals surface area (Å²) in [6.45, 7) is 2.04. The Morgan fingerprint density at radius 2 is 2.14 bits per heavy atom. The van der Waals surface area contributed by atoms with Crippen LogP contribution in [0.1, 0.15) is 11.1 Å². The lowest BCUT2D eigenvalue weighted by atomic mass is 10.1. The molecule has 2 N–H and O–H groups in total. The maximum absolute atomic E-state index is 4.87. The highest BCUT2D eigenvalue weighted by atomic mass is 32.1. The zero-order valence-corrected chi connectivity index (χ0v) is 9.06. The lowest BCUT2D eigenvalue weighted by Crippen LogP contribution is -2.28. The largest absolute Gasteiger partial charge is 0.364 e. The third kappa shape index (κ3) is 3.14. The normalized spacial score (nSPS) is 10.1. The molecule has 0 fully saturated rings. The highest BCUT2D eigenvalue weighted by Crippen LogP contribution is 2.02. The minimum absolute atomic E-state index is 0.509. The van der Waals surface area contributed by atoms with Gasteiger partial charge in [-0.1, -0.05) is 24.3 Å². The summed E-state index contributed by atoms with van der Waals surface area (Å²) in [5.74, 6) is 0. The topological polar surface area (TPSA) is 36.4 Å². The molecule has 0 saturated heterocycles. The van der Waals surface area contributed by atoms with Gasteiger partial charge in [0.15, 0.2) is 5.11 Å². The van der Waals surface area contributed by atoms with Crippen LogP contribution >= 0.6 is 12.2 Å². The van der Waals surface area contributed by atoms with Crippen LogP contribution in [-0.2, 0) is 0 Å². The molecule has 0 atom stereocenters. The van der Waals surface area contributed by atoms with Crippen molar-refractivity contribution < 1.29 is 0 Å². The molecule has 0 amide bonds. The van der Waals surface area contributed by atoms with Gasteiger partial charge in [0.1, 0.15) is 0 Å². The van der Waals surface area contributed by atoms with Gasteiger partial charge in [-0.3, -0.25) is 5.43 Å². The van der Waals surface area contributed by atoms with Gasteiger partial charge in [-0.25, -0.2) is 0 Å². The number of benzene rings is 1. The van der Waals surface area contributed by atoms with Crippen LogP contribution in [0.25, 0.3) is 0 Å². The summed E-state index contributed by atoms with van der Waals surface area (Å²) in [4.78, 5) is 0. The van der Waals surface area contributed by atoms with E-state index in [1.54, 1.807) is 13.3 Å². The van der Waals surface area contributed by atoms with Gasteiger partial charge in [0.2, 0.25) is 0 Å². The van der Waals surface area contributed by atoms with Crippen LogP contribution in [0.4, 0.5) is 0 Å². The number of nitrogens with zero attached hydrogens (tertiary/aromatic N) is 1. The molecular formula is C10H13N3S. The van der Waals surface area contributed by atoms with Crippen LogP contribution in [0.5, 0.6) is 0 Å². The standard InChI is InChI=1S/C10H13N3S/c1-8-5-3-4-6-9(8)7-12-13-10(14)11-2/h3-7H,1-2H3,(H2,11,13,14)/b12-7+. The van der Waals surface area contributed by atoms with Crippen molar-refractivity contribution in [2.75, 3.05) is 7.05 Å². The van der Waals surface area contributed by atoms with E-state index in [1.807, 2.05) is 31.2 Å². The molecule has 0 spiro atoms. The monoisotopic (exact) mass is 207 g/mol. The molecule has 1 aromatic carbocycles. The van der Waals surface area contributed by atoms with Crippen molar-refractivity contribution in [2.45, 2.75) is 6.92 Å². The van der Waals surface area contributed by atoms with Crippen LogP contribution in [0.3, 0.4) is 0 Å². The average Bonchev–Trinajstić information content (AvgIpc) is 2.20. The summed E-state index contributed by atoms with van der Waals surface area (Å²) in [5, 5.41) is 7.28. The molecule has 0 aromatic heterocycles. The van der Waals surface area contributed by atoms with Gasteiger partial charge < -0.3 is 5.32 Å². The summed E-state index contributed by atoms with van der Waals surface area (Å²) >= 11 is 4.87. The minimum atomic E-state index is 0.509. The second-order valence-corrected chi connectivity index (χ2v) is 3.21. The van der Waals surface area contributed by atoms with Crippen molar-refractivity contribution in [3.8, 4) is 0 Å². The summed E-state index contributed by atoms with van der Waals surface area (Å²) in [6, 6.07) is 8.02. The number of hydrogen-bond donors (Lipinski definition) is 2. The number of thiocarbonyl (C=S) groups is 1. The molecule has 0 aliphatic carbocycles. The lowest BCUT2D eigenvalue weighted by Gasteiger charge is -2.00. The van der Waals surface area contributed by atoms with Crippen LogP contribution in [0.15, 0.2) is 29.4 Å². The Morgan fingerprint density at radius 3 is 2.79 bits per heavy atom. The molecule has 0 heterocycles. The molecular weight excluding hydrogens is 194 g/mol. The Labute approximate surface area is 89.2 Å². The number of hydrogen-bond acceptors (Lipinski definition) is 2. The molecule has 1 rings (SSSR count). The maximum atomic E-state index is 4.87. The summed E-state index contributed by atoms with van der Waals surface area (Å²) in [7, 11) is 1.75. The fraction of sp³-hybridized carbons (Fsp3) is 0.200. The van der Waals surface area contributed by atoms with E-state index in [4.69, 9.17) is 12.2 Å². The highest BCUT2D eigenvalue weighted by molar-refractivity contribution is 7.80. The predicted octanol–water partition coefficient (Wildman–Crippen LogP) is 1.42. The number of rotatable bonds is 2. The highest BCUT2D eigenvalue weighted by Gasteiger charge is 1.91. The Balaban J connectivity index is 2.60. The van der Waals surface area contributed by atoms with Crippen LogP contribution in [0, 0.1) is 6.92 Å². The number of nitrogens with one attached hydrogen (secondary N) is 2. The molecule has 1 aromatic rings. The minimum Gasteiger partial charge on any atom is -0.364 e. The van der Waals surface area contributed by atoms with Crippen molar-refractivity contribution in [1.82, 2.24) is 10.7 Å². The summed E-state index contributed by atoms with van der Waals surface area (Å²) in [5.41, 5.74) is 4.97. The van der Waals surface area contributed by atoms with Gasteiger partial charge in [-0.15, -0.1) is 0 Å². The molecule has 74 valence electrons. The number of aryl methyl sites for hydroxylation is 1. The predicted molar refractivity (Wildman–Crippen MR) is 63.6 cm³/mol. The van der Waals surface area contributed by atoms with Gasteiger partial charge in [0.05, 0.1) is 6.21 Å². The molecule has 14 heavy (non-hydrogen) atoms. The third-order valence-electron chi connectivity index (χ3n) is 1.79. The first-order valence-corrected chi connectivity index (χ1v) is 4.71. The molecule has 0 radical (unpaired) electrons. The Kier molecular flexibility index (Phi) is 4.07. The molecule has 0 aliphatic heterocycles. The van der Waals surface area contributed by atoms with Crippen LogP contribution in [-0.4, -0.2) is 18.4 Å². The maximum Gasteiger partial charge on any atom is 0.186 e. The van der Waals surface area contributed by atoms with Crippen molar-refractivity contribution in [2.24, 2.45) is 5.10 Å². The van der Waals surface area contributed by atoms with Crippen LogP contribution < -0.4 is 10.7 Å².